The van der Waals surface area contributed by atoms with E-state index in [4.69, 9.17) is 6.42 Å². The standard InChI is InChI=1S/C14H11F3N2O.ClH/c1-2-8-5-9-11-7-18-3-4-19(11)13(20)12(9)10(6-8)14(15,16)17;/h1,5-6,11,18H,3-4,7H2;1H/t11-;/m0./s1. The van der Waals surface area contributed by atoms with Crippen LogP contribution in [0.3, 0.4) is 0 Å². The SMILES string of the molecule is C#Cc1cc2c(c(C(F)(F)F)c1)C(=O)N1CCNC[C@@H]21.Cl. The Morgan fingerprint density at radius 3 is 2.71 bits per heavy atom. The first-order valence-electron chi connectivity index (χ1n) is 6.17. The van der Waals surface area contributed by atoms with Crippen LogP contribution >= 0.6 is 12.4 Å². The van der Waals surface area contributed by atoms with Gasteiger partial charge in [-0.2, -0.15) is 13.2 Å². The Balaban J connectivity index is 0.00000161. The number of nitrogens with one attached hydrogen (secondary N) is 1. The Labute approximate surface area is 125 Å². The third-order valence-electron chi connectivity index (χ3n) is 3.72. The molecule has 2 heterocycles. The van der Waals surface area contributed by atoms with Crippen LogP contribution in [0, 0.1) is 12.3 Å². The Morgan fingerprint density at radius 2 is 2.10 bits per heavy atom. The molecule has 1 aromatic rings. The van der Waals surface area contributed by atoms with E-state index in [1.54, 1.807) is 0 Å². The number of carbonyl (C=O) groups is 1. The first-order valence-corrected chi connectivity index (χ1v) is 6.17. The number of fused-ring (bicyclic) bond motifs is 3. The molecule has 0 saturated carbocycles. The number of benzene rings is 1. The van der Waals surface area contributed by atoms with E-state index >= 15 is 0 Å². The summed E-state index contributed by atoms with van der Waals surface area (Å²) in [4.78, 5) is 13.7. The van der Waals surface area contributed by atoms with Crippen LogP contribution in [0.4, 0.5) is 13.2 Å². The molecule has 112 valence electrons. The molecule has 2 aliphatic rings. The summed E-state index contributed by atoms with van der Waals surface area (Å²) in [5, 5.41) is 3.09. The van der Waals surface area contributed by atoms with Crippen LogP contribution in [0.5, 0.6) is 0 Å². The Bertz CT molecular complexity index is 636. The summed E-state index contributed by atoms with van der Waals surface area (Å²) in [5.41, 5.74) is -0.645. The Kier molecular flexibility index (Phi) is 3.91. The molecular formula is C14H12ClF3N2O. The van der Waals surface area contributed by atoms with E-state index in [1.165, 1.54) is 11.0 Å². The molecule has 1 aromatic carbocycles. The van der Waals surface area contributed by atoms with E-state index < -0.39 is 17.6 Å². The van der Waals surface area contributed by atoms with Crippen molar-refractivity contribution in [3.63, 3.8) is 0 Å². The highest BCUT2D eigenvalue weighted by Crippen LogP contribution is 2.42. The van der Waals surface area contributed by atoms with E-state index in [1.807, 2.05) is 0 Å². The lowest BCUT2D eigenvalue weighted by Crippen LogP contribution is -2.44. The number of amides is 1. The zero-order valence-electron chi connectivity index (χ0n) is 10.8. The maximum absolute atomic E-state index is 13.2. The second kappa shape index (κ2) is 5.24. The lowest BCUT2D eigenvalue weighted by atomic mass is 9.95. The van der Waals surface area contributed by atoms with Gasteiger partial charge in [-0.3, -0.25) is 4.79 Å². The van der Waals surface area contributed by atoms with Gasteiger partial charge in [0.05, 0.1) is 17.2 Å². The summed E-state index contributed by atoms with van der Waals surface area (Å²) in [6.45, 7) is 1.44. The summed E-state index contributed by atoms with van der Waals surface area (Å²) in [6.07, 6.45) is 0.639. The van der Waals surface area contributed by atoms with Gasteiger partial charge in [0, 0.05) is 25.2 Å². The third-order valence-corrected chi connectivity index (χ3v) is 3.72. The molecule has 1 N–H and O–H groups in total. The maximum Gasteiger partial charge on any atom is 0.417 e. The monoisotopic (exact) mass is 316 g/mol. The van der Waals surface area contributed by atoms with Crippen molar-refractivity contribution in [1.82, 2.24) is 10.2 Å². The fourth-order valence-corrected chi connectivity index (χ4v) is 2.84. The minimum absolute atomic E-state index is 0. The van der Waals surface area contributed by atoms with Gasteiger partial charge in [-0.05, 0) is 17.7 Å². The first kappa shape index (κ1) is 15.7. The summed E-state index contributed by atoms with van der Waals surface area (Å²) in [5.74, 6) is 1.68. The van der Waals surface area contributed by atoms with E-state index in [0.29, 0.717) is 25.2 Å². The highest BCUT2D eigenvalue weighted by molar-refractivity contribution is 6.01. The summed E-state index contributed by atoms with van der Waals surface area (Å²) >= 11 is 0. The van der Waals surface area contributed by atoms with E-state index in [2.05, 4.69) is 11.2 Å². The maximum atomic E-state index is 13.2. The minimum atomic E-state index is -4.59. The van der Waals surface area contributed by atoms with Gasteiger partial charge in [-0.1, -0.05) is 5.92 Å². The van der Waals surface area contributed by atoms with Crippen molar-refractivity contribution < 1.29 is 18.0 Å². The van der Waals surface area contributed by atoms with Crippen molar-refractivity contribution in [2.45, 2.75) is 12.2 Å². The summed E-state index contributed by atoms with van der Waals surface area (Å²) < 4.78 is 39.5. The van der Waals surface area contributed by atoms with Gasteiger partial charge < -0.3 is 10.2 Å². The van der Waals surface area contributed by atoms with Crippen LogP contribution in [0.25, 0.3) is 0 Å². The number of rotatable bonds is 0. The fraction of sp³-hybridized carbons (Fsp3) is 0.357. The second-order valence-corrected chi connectivity index (χ2v) is 4.85. The normalized spacial score (nSPS) is 20.4. The Morgan fingerprint density at radius 1 is 1.38 bits per heavy atom. The molecule has 21 heavy (non-hydrogen) atoms. The van der Waals surface area contributed by atoms with Crippen LogP contribution < -0.4 is 5.32 Å². The van der Waals surface area contributed by atoms with Crippen molar-refractivity contribution in [1.29, 1.82) is 0 Å². The fourth-order valence-electron chi connectivity index (χ4n) is 2.84. The summed E-state index contributed by atoms with van der Waals surface area (Å²) in [6, 6.07) is 2.03. The number of terminal acetylenes is 1. The van der Waals surface area contributed by atoms with Gasteiger partial charge in [0.15, 0.2) is 0 Å². The van der Waals surface area contributed by atoms with Crippen LogP contribution in [-0.2, 0) is 6.18 Å². The molecule has 1 amide bonds. The molecule has 1 fully saturated rings. The molecule has 3 nitrogen and oxygen atoms in total. The zero-order chi connectivity index (χ0) is 14.5. The summed E-state index contributed by atoms with van der Waals surface area (Å²) in [7, 11) is 0. The highest BCUT2D eigenvalue weighted by atomic mass is 35.5. The minimum Gasteiger partial charge on any atom is -0.329 e. The predicted molar refractivity (Wildman–Crippen MR) is 73.3 cm³/mol. The quantitative estimate of drug-likeness (QED) is 0.744. The molecule has 0 aliphatic carbocycles. The van der Waals surface area contributed by atoms with Gasteiger partial charge in [0.25, 0.3) is 5.91 Å². The molecule has 0 unspecified atom stereocenters. The lowest BCUT2D eigenvalue weighted by Gasteiger charge is -2.30. The molecule has 1 saturated heterocycles. The van der Waals surface area contributed by atoms with Crippen molar-refractivity contribution in [3.05, 3.63) is 34.4 Å². The van der Waals surface area contributed by atoms with Gasteiger partial charge in [0.2, 0.25) is 0 Å². The van der Waals surface area contributed by atoms with Gasteiger partial charge >= 0.3 is 6.18 Å². The van der Waals surface area contributed by atoms with E-state index in [9.17, 15) is 18.0 Å². The molecular weight excluding hydrogens is 305 g/mol. The van der Waals surface area contributed by atoms with E-state index in [0.717, 1.165) is 6.07 Å². The molecule has 7 heteroatoms. The molecule has 0 aromatic heterocycles. The van der Waals surface area contributed by atoms with Crippen molar-refractivity contribution in [2.24, 2.45) is 0 Å². The number of carbonyl (C=O) groups excluding carboxylic acids is 1. The van der Waals surface area contributed by atoms with Crippen molar-refractivity contribution >= 4 is 18.3 Å². The molecule has 0 bridgehead atoms. The molecule has 1 atom stereocenters. The number of halogens is 4. The van der Waals surface area contributed by atoms with Crippen molar-refractivity contribution in [3.8, 4) is 12.3 Å². The number of hydrogen-bond acceptors (Lipinski definition) is 2. The lowest BCUT2D eigenvalue weighted by molar-refractivity contribution is -0.138. The second-order valence-electron chi connectivity index (χ2n) is 4.85. The predicted octanol–water partition coefficient (Wildman–Crippen LogP) is 2.21. The van der Waals surface area contributed by atoms with Crippen LogP contribution in [0.1, 0.15) is 33.1 Å². The highest BCUT2D eigenvalue weighted by Gasteiger charge is 2.45. The third kappa shape index (κ3) is 2.37. The Hall–Kier alpha value is -1.71. The first-order chi connectivity index (χ1) is 9.43. The molecule has 3 rings (SSSR count). The number of hydrogen-bond donors (Lipinski definition) is 1. The smallest absolute Gasteiger partial charge is 0.329 e. The number of alkyl halides is 3. The average molecular weight is 317 g/mol. The van der Waals surface area contributed by atoms with Crippen LogP contribution in [-0.4, -0.2) is 30.4 Å². The average Bonchev–Trinajstić information content (AvgIpc) is 2.71. The molecule has 0 radical (unpaired) electrons. The number of nitrogens with zero attached hydrogens (tertiary/aromatic N) is 1. The van der Waals surface area contributed by atoms with Crippen molar-refractivity contribution in [2.75, 3.05) is 19.6 Å². The molecule has 0 spiro atoms. The largest absolute Gasteiger partial charge is 0.417 e. The topological polar surface area (TPSA) is 32.3 Å². The number of piperazine rings is 1. The zero-order valence-corrected chi connectivity index (χ0v) is 11.6. The molecule has 2 aliphatic heterocycles. The van der Waals surface area contributed by atoms with Gasteiger partial charge in [-0.25, -0.2) is 0 Å². The van der Waals surface area contributed by atoms with Crippen LogP contribution in [0.2, 0.25) is 0 Å². The van der Waals surface area contributed by atoms with Gasteiger partial charge in [-0.15, -0.1) is 18.8 Å². The van der Waals surface area contributed by atoms with Gasteiger partial charge in [0.1, 0.15) is 0 Å². The van der Waals surface area contributed by atoms with E-state index in [-0.39, 0.29) is 29.6 Å². The van der Waals surface area contributed by atoms with Crippen LogP contribution in [0.15, 0.2) is 12.1 Å².